The smallest absolute Gasteiger partial charge is 0.407 e. The Bertz CT molecular complexity index is 986. The number of carboxylic acid groups (broad SMARTS) is 1. The van der Waals surface area contributed by atoms with Crippen LogP contribution in [0, 0.1) is 0 Å². The molecular formula is C27H33NO7. The SMILES string of the molecule is CC(C)(COCC(NC(=O)OCC1c2ccccc2-c2ccccc21)C(=O)O)OC1CCCCO1. The summed E-state index contributed by atoms with van der Waals surface area (Å²) in [6.45, 7) is 4.45. The molecule has 0 bridgehead atoms. The summed E-state index contributed by atoms with van der Waals surface area (Å²) in [6.07, 6.45) is 1.82. The Labute approximate surface area is 205 Å². The number of hydrogen-bond donors (Lipinski definition) is 2. The standard InChI is InChI=1S/C27H33NO7/c1-27(2,35-24-13-7-8-14-33-24)17-32-16-23(25(29)30)28-26(31)34-15-22-20-11-5-3-9-18(20)19-10-4-6-12-21(19)22/h3-6,9-12,22-24H,7-8,13-17H2,1-2H3,(H,28,31)(H,29,30). The molecule has 2 aliphatic rings. The minimum Gasteiger partial charge on any atom is -0.480 e. The molecule has 8 nitrogen and oxygen atoms in total. The minimum atomic E-state index is -1.24. The van der Waals surface area contributed by atoms with Crippen LogP contribution in [0.15, 0.2) is 48.5 Å². The molecule has 1 fully saturated rings. The van der Waals surface area contributed by atoms with E-state index in [0.29, 0.717) is 6.61 Å². The van der Waals surface area contributed by atoms with Gasteiger partial charge in [-0.1, -0.05) is 48.5 Å². The number of carboxylic acids is 1. The summed E-state index contributed by atoms with van der Waals surface area (Å²) in [6, 6.07) is 14.8. The second-order valence-electron chi connectivity index (χ2n) is 9.55. The molecule has 1 saturated heterocycles. The summed E-state index contributed by atoms with van der Waals surface area (Å²) < 4.78 is 22.6. The van der Waals surface area contributed by atoms with Gasteiger partial charge >= 0.3 is 12.1 Å². The number of carbonyl (C=O) groups excluding carboxylic acids is 1. The lowest BCUT2D eigenvalue weighted by Gasteiger charge is -2.32. The van der Waals surface area contributed by atoms with Gasteiger partial charge < -0.3 is 29.4 Å². The fourth-order valence-corrected chi connectivity index (χ4v) is 4.57. The molecule has 0 radical (unpaired) electrons. The van der Waals surface area contributed by atoms with E-state index in [4.69, 9.17) is 18.9 Å². The lowest BCUT2D eigenvalue weighted by atomic mass is 9.98. The van der Waals surface area contributed by atoms with Crippen LogP contribution in [0.1, 0.15) is 50.2 Å². The molecule has 8 heteroatoms. The van der Waals surface area contributed by atoms with E-state index in [1.165, 1.54) is 0 Å². The summed E-state index contributed by atoms with van der Waals surface area (Å²) in [7, 11) is 0. The molecule has 2 unspecified atom stereocenters. The maximum atomic E-state index is 12.5. The lowest BCUT2D eigenvalue weighted by Crippen LogP contribution is -2.46. The van der Waals surface area contributed by atoms with E-state index in [2.05, 4.69) is 17.4 Å². The van der Waals surface area contributed by atoms with E-state index in [0.717, 1.165) is 41.5 Å². The number of benzene rings is 2. The first-order valence-corrected chi connectivity index (χ1v) is 12.1. The highest BCUT2D eigenvalue weighted by atomic mass is 16.7. The van der Waals surface area contributed by atoms with Crippen molar-refractivity contribution in [2.75, 3.05) is 26.4 Å². The summed E-state index contributed by atoms with van der Waals surface area (Å²) in [5.74, 6) is -1.31. The van der Waals surface area contributed by atoms with Crippen LogP contribution in [0.4, 0.5) is 4.79 Å². The third-order valence-corrected chi connectivity index (χ3v) is 6.26. The predicted molar refractivity (Wildman–Crippen MR) is 129 cm³/mol. The van der Waals surface area contributed by atoms with Gasteiger partial charge in [0, 0.05) is 12.5 Å². The second kappa shape index (κ2) is 11.2. The molecule has 2 atom stereocenters. The Morgan fingerprint density at radius 1 is 1.09 bits per heavy atom. The van der Waals surface area contributed by atoms with E-state index in [1.807, 2.05) is 50.2 Å². The van der Waals surface area contributed by atoms with Crippen molar-refractivity contribution in [1.29, 1.82) is 0 Å². The number of carbonyl (C=O) groups is 2. The van der Waals surface area contributed by atoms with Crippen molar-refractivity contribution in [2.24, 2.45) is 0 Å². The molecule has 0 saturated carbocycles. The van der Waals surface area contributed by atoms with Crippen molar-refractivity contribution in [2.45, 2.75) is 57.0 Å². The number of amides is 1. The van der Waals surface area contributed by atoms with E-state index < -0.39 is 23.7 Å². The highest BCUT2D eigenvalue weighted by molar-refractivity contribution is 5.81. The van der Waals surface area contributed by atoms with Crippen molar-refractivity contribution in [3.05, 3.63) is 59.7 Å². The van der Waals surface area contributed by atoms with Crippen molar-refractivity contribution in [3.63, 3.8) is 0 Å². The van der Waals surface area contributed by atoms with Gasteiger partial charge in [-0.3, -0.25) is 0 Å². The van der Waals surface area contributed by atoms with Crippen molar-refractivity contribution in [1.82, 2.24) is 5.32 Å². The van der Waals surface area contributed by atoms with Crippen molar-refractivity contribution >= 4 is 12.1 Å². The molecule has 1 aliphatic heterocycles. The first kappa shape index (κ1) is 25.2. The van der Waals surface area contributed by atoms with Gasteiger partial charge in [0.1, 0.15) is 6.61 Å². The minimum absolute atomic E-state index is 0.104. The first-order valence-electron chi connectivity index (χ1n) is 12.1. The second-order valence-corrected chi connectivity index (χ2v) is 9.55. The Hall–Kier alpha value is -2.94. The molecule has 4 rings (SSSR count). The Kier molecular flexibility index (Phi) is 8.05. The number of fused-ring (bicyclic) bond motifs is 3. The molecule has 2 aromatic rings. The monoisotopic (exact) mass is 483 g/mol. The highest BCUT2D eigenvalue weighted by Crippen LogP contribution is 2.44. The molecule has 1 heterocycles. The van der Waals surface area contributed by atoms with Crippen molar-refractivity contribution in [3.8, 4) is 11.1 Å². The zero-order valence-corrected chi connectivity index (χ0v) is 20.2. The zero-order valence-electron chi connectivity index (χ0n) is 20.2. The number of nitrogens with one attached hydrogen (secondary N) is 1. The number of ether oxygens (including phenoxy) is 4. The first-order chi connectivity index (χ1) is 16.8. The maximum Gasteiger partial charge on any atom is 0.407 e. The third-order valence-electron chi connectivity index (χ3n) is 6.26. The molecule has 1 aliphatic carbocycles. The Morgan fingerprint density at radius 2 is 1.74 bits per heavy atom. The van der Waals surface area contributed by atoms with Crippen LogP contribution in [-0.4, -0.2) is 61.5 Å². The average molecular weight is 484 g/mol. The maximum absolute atomic E-state index is 12.5. The van der Waals surface area contributed by atoms with Crippen LogP contribution in [0.3, 0.4) is 0 Å². The van der Waals surface area contributed by atoms with E-state index in [1.54, 1.807) is 0 Å². The average Bonchev–Trinajstić information content (AvgIpc) is 3.16. The summed E-state index contributed by atoms with van der Waals surface area (Å²) >= 11 is 0. The largest absolute Gasteiger partial charge is 0.480 e. The van der Waals surface area contributed by atoms with Gasteiger partial charge in [0.2, 0.25) is 0 Å². The van der Waals surface area contributed by atoms with Crippen molar-refractivity contribution < 1.29 is 33.6 Å². The molecule has 0 aromatic heterocycles. The van der Waals surface area contributed by atoms with Gasteiger partial charge in [0.15, 0.2) is 12.3 Å². The molecule has 2 aromatic carbocycles. The van der Waals surface area contributed by atoms with E-state index >= 15 is 0 Å². The lowest BCUT2D eigenvalue weighted by molar-refractivity contribution is -0.227. The highest BCUT2D eigenvalue weighted by Gasteiger charge is 2.31. The normalized spacial score (nSPS) is 18.4. The molecule has 2 N–H and O–H groups in total. The van der Waals surface area contributed by atoms with Crippen LogP contribution in [0.25, 0.3) is 11.1 Å². The quantitative estimate of drug-likeness (QED) is 0.519. The van der Waals surface area contributed by atoms with Crippen LogP contribution < -0.4 is 5.32 Å². The molecule has 0 spiro atoms. The van der Waals surface area contributed by atoms with Gasteiger partial charge in [0.05, 0.1) is 18.8 Å². The molecule has 188 valence electrons. The number of rotatable bonds is 10. The number of alkyl carbamates (subject to hydrolysis) is 1. The van der Waals surface area contributed by atoms with Crippen LogP contribution >= 0.6 is 0 Å². The van der Waals surface area contributed by atoms with Gasteiger partial charge in [-0.2, -0.15) is 0 Å². The van der Waals surface area contributed by atoms with Gasteiger partial charge in [-0.05, 0) is 55.4 Å². The number of aliphatic carboxylic acids is 1. The summed E-state index contributed by atoms with van der Waals surface area (Å²) in [4.78, 5) is 24.2. The fourth-order valence-electron chi connectivity index (χ4n) is 4.57. The van der Waals surface area contributed by atoms with Crippen LogP contribution in [-0.2, 0) is 23.7 Å². The molecule has 1 amide bonds. The topological polar surface area (TPSA) is 103 Å². The van der Waals surface area contributed by atoms with Gasteiger partial charge in [-0.15, -0.1) is 0 Å². The predicted octanol–water partition coefficient (Wildman–Crippen LogP) is 4.32. The Balaban J connectivity index is 1.27. The van der Waals surface area contributed by atoms with Crippen LogP contribution in [0.2, 0.25) is 0 Å². The zero-order chi connectivity index (χ0) is 24.8. The van der Waals surface area contributed by atoms with Gasteiger partial charge in [-0.25, -0.2) is 9.59 Å². The molecule has 35 heavy (non-hydrogen) atoms. The molecular weight excluding hydrogens is 450 g/mol. The van der Waals surface area contributed by atoms with Gasteiger partial charge in [0.25, 0.3) is 0 Å². The summed E-state index contributed by atoms with van der Waals surface area (Å²) in [5.41, 5.74) is 3.76. The fraction of sp³-hybridized carbons (Fsp3) is 0.481. The Morgan fingerprint density at radius 3 is 2.34 bits per heavy atom. The van der Waals surface area contributed by atoms with E-state index in [-0.39, 0.29) is 32.0 Å². The van der Waals surface area contributed by atoms with Crippen LogP contribution in [0.5, 0.6) is 0 Å². The third kappa shape index (κ3) is 6.39. The number of hydrogen-bond acceptors (Lipinski definition) is 6. The van der Waals surface area contributed by atoms with E-state index in [9.17, 15) is 14.7 Å². The summed E-state index contributed by atoms with van der Waals surface area (Å²) in [5, 5.41) is 12.0.